The molecule has 2 aromatic rings. The normalized spacial score (nSPS) is 13.9. The van der Waals surface area contributed by atoms with Crippen molar-refractivity contribution in [1.29, 1.82) is 0 Å². The number of halogens is 2. The van der Waals surface area contributed by atoms with Crippen molar-refractivity contribution in [3.63, 3.8) is 0 Å². The molecule has 1 aliphatic rings. The van der Waals surface area contributed by atoms with Crippen LogP contribution in [0.4, 0.5) is 9.52 Å². The van der Waals surface area contributed by atoms with Crippen molar-refractivity contribution in [1.82, 2.24) is 4.98 Å². The van der Waals surface area contributed by atoms with Gasteiger partial charge in [0, 0.05) is 9.35 Å². The summed E-state index contributed by atoms with van der Waals surface area (Å²) in [6.07, 6.45) is 4.29. The largest absolute Gasteiger partial charge is 0.298 e. The van der Waals surface area contributed by atoms with Gasteiger partial charge in [0.25, 0.3) is 5.91 Å². The second-order valence-corrected chi connectivity index (χ2v) is 6.58. The highest BCUT2D eigenvalue weighted by atomic mass is 79.9. The maximum Gasteiger partial charge on any atom is 0.261 e. The molecule has 1 aromatic heterocycles. The fourth-order valence-electron chi connectivity index (χ4n) is 2.28. The zero-order chi connectivity index (χ0) is 14.1. The van der Waals surface area contributed by atoms with Gasteiger partial charge < -0.3 is 0 Å². The molecule has 0 bridgehead atoms. The Labute approximate surface area is 128 Å². The number of hydrogen-bond acceptors (Lipinski definition) is 3. The molecule has 1 aliphatic carbocycles. The van der Waals surface area contributed by atoms with E-state index in [4.69, 9.17) is 0 Å². The lowest BCUT2D eigenvalue weighted by Gasteiger charge is -2.06. The lowest BCUT2D eigenvalue weighted by atomic mass is 10.0. The van der Waals surface area contributed by atoms with Gasteiger partial charge in [0.15, 0.2) is 5.13 Å². The van der Waals surface area contributed by atoms with Gasteiger partial charge in [-0.05, 0) is 53.7 Å². The highest BCUT2D eigenvalue weighted by molar-refractivity contribution is 9.10. The number of nitrogens with zero attached hydrogens (tertiary/aromatic N) is 1. The van der Waals surface area contributed by atoms with Gasteiger partial charge in [-0.25, -0.2) is 9.37 Å². The lowest BCUT2D eigenvalue weighted by molar-refractivity contribution is 0.102. The summed E-state index contributed by atoms with van der Waals surface area (Å²) in [5.41, 5.74) is 1.09. The zero-order valence-electron chi connectivity index (χ0n) is 10.6. The number of amides is 1. The number of carbonyl (C=O) groups is 1. The first-order chi connectivity index (χ1) is 9.65. The predicted molar refractivity (Wildman–Crippen MR) is 80.8 cm³/mol. The molecule has 3 rings (SSSR count). The van der Waals surface area contributed by atoms with Gasteiger partial charge in [-0.15, -0.1) is 11.3 Å². The highest BCUT2D eigenvalue weighted by Crippen LogP contribution is 2.30. The number of aromatic nitrogens is 1. The summed E-state index contributed by atoms with van der Waals surface area (Å²) in [5.74, 6) is -1.01. The average molecular weight is 355 g/mol. The number of rotatable bonds is 2. The molecule has 0 aliphatic heterocycles. The van der Waals surface area contributed by atoms with Crippen molar-refractivity contribution in [2.75, 3.05) is 5.32 Å². The van der Waals surface area contributed by atoms with Crippen molar-refractivity contribution in [2.45, 2.75) is 25.7 Å². The van der Waals surface area contributed by atoms with Gasteiger partial charge in [0.1, 0.15) is 5.82 Å². The molecule has 3 nitrogen and oxygen atoms in total. The van der Waals surface area contributed by atoms with E-state index in [0.717, 1.165) is 25.0 Å². The van der Waals surface area contributed by atoms with Crippen LogP contribution in [0.15, 0.2) is 22.7 Å². The quantitative estimate of drug-likeness (QED) is 0.878. The van der Waals surface area contributed by atoms with Crippen LogP contribution in [-0.4, -0.2) is 10.9 Å². The molecule has 0 spiro atoms. The van der Waals surface area contributed by atoms with Crippen LogP contribution in [0.2, 0.25) is 0 Å². The minimum absolute atomic E-state index is 0.0145. The van der Waals surface area contributed by atoms with E-state index in [1.54, 1.807) is 12.1 Å². The van der Waals surface area contributed by atoms with Crippen molar-refractivity contribution in [3.8, 4) is 0 Å². The van der Waals surface area contributed by atoms with Crippen LogP contribution < -0.4 is 5.32 Å². The van der Waals surface area contributed by atoms with Gasteiger partial charge in [0.2, 0.25) is 0 Å². The van der Waals surface area contributed by atoms with E-state index in [1.807, 2.05) is 0 Å². The standard InChI is InChI=1S/C14H12BrFN2OS/c15-8-4-3-5-9(16)12(8)13(19)18-14-17-10-6-1-2-7-11(10)20-14/h3-5H,1-2,6-7H2,(H,17,18,19). The van der Waals surface area contributed by atoms with Gasteiger partial charge in [-0.3, -0.25) is 10.1 Å². The Kier molecular flexibility index (Phi) is 3.85. The molecule has 1 N–H and O–H groups in total. The summed E-state index contributed by atoms with van der Waals surface area (Å²) in [4.78, 5) is 17.8. The molecule has 104 valence electrons. The molecule has 0 saturated heterocycles. The first-order valence-electron chi connectivity index (χ1n) is 6.39. The Morgan fingerprint density at radius 1 is 1.35 bits per heavy atom. The van der Waals surface area contributed by atoms with Crippen LogP contribution in [-0.2, 0) is 12.8 Å². The molecular formula is C14H12BrFN2OS. The number of benzene rings is 1. The van der Waals surface area contributed by atoms with E-state index in [0.29, 0.717) is 9.60 Å². The molecule has 1 aromatic carbocycles. The number of hydrogen-bond donors (Lipinski definition) is 1. The number of nitrogens with one attached hydrogen (secondary N) is 1. The molecule has 0 fully saturated rings. The highest BCUT2D eigenvalue weighted by Gasteiger charge is 2.19. The van der Waals surface area contributed by atoms with Crippen molar-refractivity contribution in [2.24, 2.45) is 0 Å². The van der Waals surface area contributed by atoms with Gasteiger partial charge >= 0.3 is 0 Å². The third kappa shape index (κ3) is 2.62. The van der Waals surface area contributed by atoms with E-state index in [1.165, 1.54) is 28.7 Å². The monoisotopic (exact) mass is 354 g/mol. The minimum Gasteiger partial charge on any atom is -0.298 e. The third-order valence-electron chi connectivity index (χ3n) is 3.26. The molecule has 6 heteroatoms. The first kappa shape index (κ1) is 13.7. The van der Waals surface area contributed by atoms with E-state index in [2.05, 4.69) is 26.2 Å². The van der Waals surface area contributed by atoms with Crippen LogP contribution in [0, 0.1) is 5.82 Å². The van der Waals surface area contributed by atoms with Crippen molar-refractivity contribution < 1.29 is 9.18 Å². The van der Waals surface area contributed by atoms with Crippen LogP contribution in [0.25, 0.3) is 0 Å². The SMILES string of the molecule is O=C(Nc1nc2c(s1)CCCC2)c1c(F)cccc1Br. The molecule has 20 heavy (non-hydrogen) atoms. The van der Waals surface area contributed by atoms with E-state index >= 15 is 0 Å². The molecule has 1 amide bonds. The second kappa shape index (κ2) is 5.61. The number of anilines is 1. The Bertz CT molecular complexity index is 627. The number of thiazole rings is 1. The van der Waals surface area contributed by atoms with Crippen LogP contribution in [0.3, 0.4) is 0 Å². The summed E-state index contributed by atoms with van der Waals surface area (Å²) in [6, 6.07) is 4.47. The van der Waals surface area contributed by atoms with E-state index in [9.17, 15) is 9.18 Å². The topological polar surface area (TPSA) is 42.0 Å². The van der Waals surface area contributed by atoms with Gasteiger partial charge in [-0.1, -0.05) is 6.07 Å². The van der Waals surface area contributed by atoms with E-state index < -0.39 is 11.7 Å². The maximum absolute atomic E-state index is 13.7. The Morgan fingerprint density at radius 2 is 2.15 bits per heavy atom. The maximum atomic E-state index is 13.7. The summed E-state index contributed by atoms with van der Waals surface area (Å²) >= 11 is 4.69. The fraction of sp³-hybridized carbons (Fsp3) is 0.286. The molecule has 0 saturated carbocycles. The smallest absolute Gasteiger partial charge is 0.261 e. The van der Waals surface area contributed by atoms with Gasteiger partial charge in [-0.2, -0.15) is 0 Å². The summed E-state index contributed by atoms with van der Waals surface area (Å²) in [6.45, 7) is 0. The van der Waals surface area contributed by atoms with Gasteiger partial charge in [0.05, 0.1) is 11.3 Å². The lowest BCUT2D eigenvalue weighted by Crippen LogP contribution is -2.14. The van der Waals surface area contributed by atoms with Crippen molar-refractivity contribution in [3.05, 3.63) is 44.6 Å². The summed E-state index contributed by atoms with van der Waals surface area (Å²) < 4.78 is 14.2. The molecule has 0 radical (unpaired) electrons. The number of carbonyl (C=O) groups excluding carboxylic acids is 1. The van der Waals surface area contributed by atoms with E-state index in [-0.39, 0.29) is 5.56 Å². The Hall–Kier alpha value is -1.27. The summed E-state index contributed by atoms with van der Waals surface area (Å²) in [7, 11) is 0. The number of fused-ring (bicyclic) bond motifs is 1. The summed E-state index contributed by atoms with van der Waals surface area (Å²) in [5, 5.41) is 3.25. The van der Waals surface area contributed by atoms with Crippen LogP contribution >= 0.6 is 27.3 Å². The van der Waals surface area contributed by atoms with Crippen molar-refractivity contribution >= 4 is 38.3 Å². The molecule has 0 atom stereocenters. The Balaban J connectivity index is 1.84. The number of aryl methyl sites for hydroxylation is 2. The molecule has 1 heterocycles. The zero-order valence-corrected chi connectivity index (χ0v) is 13.0. The second-order valence-electron chi connectivity index (χ2n) is 4.65. The fourth-order valence-corrected chi connectivity index (χ4v) is 3.85. The predicted octanol–water partition coefficient (Wildman–Crippen LogP) is 4.18. The molecular weight excluding hydrogens is 343 g/mol. The first-order valence-corrected chi connectivity index (χ1v) is 8.00. The minimum atomic E-state index is -0.543. The van der Waals surface area contributed by atoms with Crippen LogP contribution in [0.5, 0.6) is 0 Å². The average Bonchev–Trinajstić information content (AvgIpc) is 2.80. The van der Waals surface area contributed by atoms with Crippen LogP contribution in [0.1, 0.15) is 33.8 Å². The Morgan fingerprint density at radius 3 is 2.90 bits per heavy atom. The molecule has 0 unspecified atom stereocenters. The third-order valence-corrected chi connectivity index (χ3v) is 4.99.